The van der Waals surface area contributed by atoms with Gasteiger partial charge < -0.3 is 5.73 Å². The monoisotopic (exact) mass is 341 g/mol. The highest BCUT2D eigenvalue weighted by atomic mass is 14.5. The lowest BCUT2D eigenvalue weighted by atomic mass is 9.71. The zero-order chi connectivity index (χ0) is 17.5. The lowest BCUT2D eigenvalue weighted by Gasteiger charge is -2.34. The number of benzene rings is 1. The van der Waals surface area contributed by atoms with Gasteiger partial charge >= 0.3 is 0 Å². The normalized spacial score (nSPS) is 30.3. The van der Waals surface area contributed by atoms with Gasteiger partial charge in [0.05, 0.1) is 0 Å². The van der Waals surface area contributed by atoms with Crippen molar-refractivity contribution in [3.05, 3.63) is 29.8 Å². The summed E-state index contributed by atoms with van der Waals surface area (Å²) in [5.41, 5.74) is 8.23. The number of hydrogen-bond acceptors (Lipinski definition) is 1. The Morgan fingerprint density at radius 2 is 1.32 bits per heavy atom. The van der Waals surface area contributed by atoms with Crippen LogP contribution in [-0.2, 0) is 0 Å². The SMILES string of the molecule is CCCCCC1CCC(CC2CCC(c3ccc(N)cc3)CC2)CC1. The molecular weight excluding hydrogens is 302 g/mol. The van der Waals surface area contributed by atoms with Crippen molar-refractivity contribution in [2.24, 2.45) is 17.8 Å². The van der Waals surface area contributed by atoms with E-state index in [9.17, 15) is 0 Å². The Hall–Kier alpha value is -0.980. The van der Waals surface area contributed by atoms with E-state index in [-0.39, 0.29) is 0 Å². The standard InChI is InChI=1S/C24H39N/c1-2-3-4-5-19-6-8-20(9-7-19)18-21-10-12-22(13-11-21)23-14-16-24(25)17-15-23/h14-17,19-22H,2-13,18,25H2,1H3. The fourth-order valence-corrected chi connectivity index (χ4v) is 5.41. The van der Waals surface area contributed by atoms with Crippen molar-refractivity contribution in [2.75, 3.05) is 5.73 Å². The fraction of sp³-hybridized carbons (Fsp3) is 0.750. The van der Waals surface area contributed by atoms with E-state index < -0.39 is 0 Å². The molecule has 2 N–H and O–H groups in total. The molecule has 2 aliphatic rings. The fourth-order valence-electron chi connectivity index (χ4n) is 5.41. The van der Waals surface area contributed by atoms with Crippen LogP contribution in [0.15, 0.2) is 24.3 Å². The second-order valence-electron chi connectivity index (χ2n) is 9.00. The number of anilines is 1. The third kappa shape index (κ3) is 5.76. The minimum atomic E-state index is 0.783. The topological polar surface area (TPSA) is 26.0 Å². The van der Waals surface area contributed by atoms with E-state index in [1.165, 1.54) is 89.0 Å². The first kappa shape index (κ1) is 18.8. The van der Waals surface area contributed by atoms with Crippen molar-refractivity contribution >= 4 is 5.69 Å². The van der Waals surface area contributed by atoms with Crippen LogP contribution in [0.5, 0.6) is 0 Å². The van der Waals surface area contributed by atoms with E-state index in [4.69, 9.17) is 5.73 Å². The Morgan fingerprint density at radius 1 is 0.760 bits per heavy atom. The Kier molecular flexibility index (Phi) is 7.25. The molecule has 0 aliphatic heterocycles. The molecule has 0 saturated heterocycles. The van der Waals surface area contributed by atoms with E-state index >= 15 is 0 Å². The molecule has 0 bridgehead atoms. The maximum Gasteiger partial charge on any atom is 0.0314 e. The molecule has 2 aliphatic carbocycles. The van der Waals surface area contributed by atoms with Gasteiger partial charge in [-0.2, -0.15) is 0 Å². The minimum Gasteiger partial charge on any atom is -0.399 e. The van der Waals surface area contributed by atoms with Crippen molar-refractivity contribution < 1.29 is 0 Å². The zero-order valence-corrected chi connectivity index (χ0v) is 16.4. The molecule has 3 rings (SSSR count). The summed E-state index contributed by atoms with van der Waals surface area (Å²) >= 11 is 0. The summed E-state index contributed by atoms with van der Waals surface area (Å²) in [5, 5.41) is 0. The van der Waals surface area contributed by atoms with Crippen LogP contribution in [0.4, 0.5) is 5.69 Å². The molecule has 0 amide bonds. The van der Waals surface area contributed by atoms with Crippen molar-refractivity contribution in [1.82, 2.24) is 0 Å². The first-order chi connectivity index (χ1) is 12.2. The Balaban J connectivity index is 1.35. The Bertz CT molecular complexity index is 475. The molecule has 1 heteroatoms. The van der Waals surface area contributed by atoms with Crippen LogP contribution in [-0.4, -0.2) is 0 Å². The maximum absolute atomic E-state index is 5.83. The van der Waals surface area contributed by atoms with Crippen LogP contribution < -0.4 is 5.73 Å². The minimum absolute atomic E-state index is 0.783. The molecule has 0 unspecified atom stereocenters. The van der Waals surface area contributed by atoms with Gasteiger partial charge in [0, 0.05) is 5.69 Å². The van der Waals surface area contributed by atoms with E-state index in [0.717, 1.165) is 29.4 Å². The van der Waals surface area contributed by atoms with Gasteiger partial charge in [0.15, 0.2) is 0 Å². The molecule has 0 spiro atoms. The molecule has 2 fully saturated rings. The summed E-state index contributed by atoms with van der Waals surface area (Å²) in [4.78, 5) is 0. The molecule has 0 aromatic heterocycles. The maximum atomic E-state index is 5.83. The van der Waals surface area contributed by atoms with Crippen LogP contribution in [0, 0.1) is 17.8 Å². The third-order valence-corrected chi connectivity index (χ3v) is 7.10. The average Bonchev–Trinajstić information content (AvgIpc) is 2.65. The van der Waals surface area contributed by atoms with Gasteiger partial charge in [0.25, 0.3) is 0 Å². The summed E-state index contributed by atoms with van der Waals surface area (Å²) in [6.07, 6.45) is 19.1. The number of hydrogen-bond donors (Lipinski definition) is 1. The van der Waals surface area contributed by atoms with E-state index in [0.29, 0.717) is 0 Å². The van der Waals surface area contributed by atoms with Crippen LogP contribution in [0.2, 0.25) is 0 Å². The molecular formula is C24H39N. The first-order valence-corrected chi connectivity index (χ1v) is 11.1. The van der Waals surface area contributed by atoms with Crippen molar-refractivity contribution in [1.29, 1.82) is 0 Å². The van der Waals surface area contributed by atoms with Gasteiger partial charge in [-0.3, -0.25) is 0 Å². The summed E-state index contributed by atoms with van der Waals surface area (Å²) < 4.78 is 0. The summed E-state index contributed by atoms with van der Waals surface area (Å²) in [6, 6.07) is 8.64. The van der Waals surface area contributed by atoms with Crippen LogP contribution in [0.3, 0.4) is 0 Å². The second kappa shape index (κ2) is 9.64. The third-order valence-electron chi connectivity index (χ3n) is 7.10. The molecule has 0 radical (unpaired) electrons. The van der Waals surface area contributed by atoms with E-state index in [2.05, 4.69) is 31.2 Å². The van der Waals surface area contributed by atoms with Gasteiger partial charge in [0.2, 0.25) is 0 Å². The summed E-state index contributed by atoms with van der Waals surface area (Å²) in [5.74, 6) is 3.89. The van der Waals surface area contributed by atoms with Crippen LogP contribution in [0.25, 0.3) is 0 Å². The number of rotatable bonds is 7. The first-order valence-electron chi connectivity index (χ1n) is 11.1. The van der Waals surface area contributed by atoms with Gasteiger partial charge in [-0.05, 0) is 73.5 Å². The molecule has 25 heavy (non-hydrogen) atoms. The number of nitrogens with two attached hydrogens (primary N) is 1. The van der Waals surface area contributed by atoms with Gasteiger partial charge in [-0.15, -0.1) is 0 Å². The van der Waals surface area contributed by atoms with Crippen LogP contribution in [0.1, 0.15) is 102 Å². The smallest absolute Gasteiger partial charge is 0.0314 e. The Labute approximate surface area is 155 Å². The number of nitrogen functional groups attached to an aromatic ring is 1. The average molecular weight is 342 g/mol. The molecule has 0 atom stereocenters. The van der Waals surface area contributed by atoms with Gasteiger partial charge in [-0.25, -0.2) is 0 Å². The molecule has 1 aromatic carbocycles. The lowest BCUT2D eigenvalue weighted by molar-refractivity contribution is 0.199. The van der Waals surface area contributed by atoms with Gasteiger partial charge in [-0.1, -0.05) is 70.4 Å². The highest BCUT2D eigenvalue weighted by molar-refractivity contribution is 5.40. The second-order valence-corrected chi connectivity index (χ2v) is 9.00. The van der Waals surface area contributed by atoms with Crippen molar-refractivity contribution in [3.63, 3.8) is 0 Å². The van der Waals surface area contributed by atoms with Crippen LogP contribution >= 0.6 is 0 Å². The number of unbranched alkanes of at least 4 members (excludes halogenated alkanes) is 2. The lowest BCUT2D eigenvalue weighted by Crippen LogP contribution is -2.20. The predicted molar refractivity (Wildman–Crippen MR) is 110 cm³/mol. The Morgan fingerprint density at radius 3 is 1.92 bits per heavy atom. The van der Waals surface area contributed by atoms with E-state index in [1.807, 2.05) is 0 Å². The highest BCUT2D eigenvalue weighted by Crippen LogP contribution is 2.41. The van der Waals surface area contributed by atoms with Crippen molar-refractivity contribution in [2.45, 2.75) is 96.3 Å². The largest absolute Gasteiger partial charge is 0.399 e. The summed E-state index contributed by atoms with van der Waals surface area (Å²) in [7, 11) is 0. The molecule has 140 valence electrons. The van der Waals surface area contributed by atoms with Gasteiger partial charge in [0.1, 0.15) is 0 Å². The zero-order valence-electron chi connectivity index (χ0n) is 16.4. The quantitative estimate of drug-likeness (QED) is 0.408. The van der Waals surface area contributed by atoms with Crippen molar-refractivity contribution in [3.8, 4) is 0 Å². The highest BCUT2D eigenvalue weighted by Gasteiger charge is 2.27. The molecule has 2 saturated carbocycles. The predicted octanol–water partition coefficient (Wildman–Crippen LogP) is 7.32. The van der Waals surface area contributed by atoms with E-state index in [1.54, 1.807) is 0 Å². The molecule has 1 aromatic rings. The molecule has 1 nitrogen and oxygen atoms in total. The summed E-state index contributed by atoms with van der Waals surface area (Å²) in [6.45, 7) is 2.32. The molecule has 0 heterocycles.